The fourth-order valence-electron chi connectivity index (χ4n) is 2.86. The predicted octanol–water partition coefficient (Wildman–Crippen LogP) is 4.90. The van der Waals surface area contributed by atoms with Crippen molar-refractivity contribution >= 4 is 11.8 Å². The largest absolute Gasteiger partial charge is 0.476 e. The van der Waals surface area contributed by atoms with Gasteiger partial charge in [0.15, 0.2) is 11.4 Å². The Morgan fingerprint density at radius 2 is 1.44 bits per heavy atom. The number of rotatable bonds is 7. The third-order valence-corrected chi connectivity index (χ3v) is 4.55. The predicted molar refractivity (Wildman–Crippen MR) is 104 cm³/mol. The number of carbonyl (C=O) groups is 2. The Kier molecular flexibility index (Phi) is 5.36. The van der Waals surface area contributed by atoms with Gasteiger partial charge in [0.25, 0.3) is 0 Å². The molecule has 0 aromatic heterocycles. The SMILES string of the molecule is CC(C)OC(=O)C(C)(C)Oc1ccc(C(=O)c2ccc(C3CC3)cc2)cc1. The minimum Gasteiger partial charge on any atom is -0.476 e. The third kappa shape index (κ3) is 4.76. The lowest BCUT2D eigenvalue weighted by atomic mass is 10.0. The van der Waals surface area contributed by atoms with Crippen LogP contribution < -0.4 is 4.74 Å². The highest BCUT2D eigenvalue weighted by Crippen LogP contribution is 2.40. The minimum absolute atomic E-state index is 0.0256. The molecular formula is C23H26O4. The number of hydrogen-bond acceptors (Lipinski definition) is 4. The Morgan fingerprint density at radius 3 is 1.93 bits per heavy atom. The topological polar surface area (TPSA) is 52.6 Å². The molecule has 1 aliphatic carbocycles. The molecule has 0 heterocycles. The molecule has 0 bridgehead atoms. The van der Waals surface area contributed by atoms with E-state index in [1.54, 1.807) is 52.0 Å². The lowest BCUT2D eigenvalue weighted by molar-refractivity contribution is -0.163. The van der Waals surface area contributed by atoms with Crippen LogP contribution in [0.15, 0.2) is 48.5 Å². The first kappa shape index (κ1) is 19.2. The van der Waals surface area contributed by atoms with Crippen LogP contribution in [0.1, 0.15) is 67.9 Å². The molecule has 2 aromatic rings. The molecule has 4 nitrogen and oxygen atoms in total. The molecule has 3 rings (SSSR count). The number of ketones is 1. The molecule has 27 heavy (non-hydrogen) atoms. The summed E-state index contributed by atoms with van der Waals surface area (Å²) in [5.41, 5.74) is 1.47. The van der Waals surface area contributed by atoms with Crippen molar-refractivity contribution in [1.82, 2.24) is 0 Å². The summed E-state index contributed by atoms with van der Waals surface area (Å²) in [6.07, 6.45) is 2.29. The zero-order valence-corrected chi connectivity index (χ0v) is 16.3. The summed E-state index contributed by atoms with van der Waals surface area (Å²) >= 11 is 0. The van der Waals surface area contributed by atoms with Gasteiger partial charge in [-0.25, -0.2) is 4.79 Å². The van der Waals surface area contributed by atoms with E-state index in [1.165, 1.54) is 18.4 Å². The van der Waals surface area contributed by atoms with Crippen LogP contribution in [0.2, 0.25) is 0 Å². The Morgan fingerprint density at radius 1 is 0.926 bits per heavy atom. The van der Waals surface area contributed by atoms with E-state index >= 15 is 0 Å². The van der Waals surface area contributed by atoms with Crippen LogP contribution in [0, 0.1) is 0 Å². The smallest absolute Gasteiger partial charge is 0.350 e. The molecule has 0 unspecified atom stereocenters. The fourth-order valence-corrected chi connectivity index (χ4v) is 2.86. The summed E-state index contributed by atoms with van der Waals surface area (Å²) in [6, 6.07) is 14.7. The first-order valence-corrected chi connectivity index (χ1v) is 9.41. The highest BCUT2D eigenvalue weighted by molar-refractivity contribution is 6.09. The maximum Gasteiger partial charge on any atom is 0.350 e. The van der Waals surface area contributed by atoms with Crippen LogP contribution in [-0.4, -0.2) is 23.5 Å². The highest BCUT2D eigenvalue weighted by atomic mass is 16.6. The molecule has 1 aliphatic rings. The lowest BCUT2D eigenvalue weighted by Crippen LogP contribution is -2.40. The van der Waals surface area contributed by atoms with Gasteiger partial charge < -0.3 is 9.47 Å². The van der Waals surface area contributed by atoms with Crippen LogP contribution in [0.4, 0.5) is 0 Å². The van der Waals surface area contributed by atoms with E-state index in [0.717, 1.165) is 0 Å². The molecule has 0 saturated heterocycles. The maximum absolute atomic E-state index is 12.7. The summed E-state index contributed by atoms with van der Waals surface area (Å²) in [4.78, 5) is 24.8. The summed E-state index contributed by atoms with van der Waals surface area (Å²) in [5, 5.41) is 0. The van der Waals surface area contributed by atoms with Crippen molar-refractivity contribution in [2.75, 3.05) is 0 Å². The molecule has 0 amide bonds. The number of ether oxygens (including phenoxy) is 2. The van der Waals surface area contributed by atoms with Gasteiger partial charge in [-0.15, -0.1) is 0 Å². The Labute approximate surface area is 160 Å². The third-order valence-electron chi connectivity index (χ3n) is 4.55. The normalized spacial score (nSPS) is 14.1. The van der Waals surface area contributed by atoms with Crippen LogP contribution in [0.25, 0.3) is 0 Å². The van der Waals surface area contributed by atoms with E-state index < -0.39 is 11.6 Å². The number of esters is 1. The molecule has 0 spiro atoms. The minimum atomic E-state index is -1.10. The molecule has 0 aliphatic heterocycles. The van der Waals surface area contributed by atoms with Gasteiger partial charge in [-0.3, -0.25) is 4.79 Å². The molecule has 0 atom stereocenters. The van der Waals surface area contributed by atoms with E-state index in [2.05, 4.69) is 0 Å². The number of benzene rings is 2. The summed E-state index contributed by atoms with van der Waals surface area (Å²) < 4.78 is 11.0. The Balaban J connectivity index is 1.67. The number of hydrogen-bond donors (Lipinski definition) is 0. The van der Waals surface area contributed by atoms with Gasteiger partial charge in [0.05, 0.1) is 6.10 Å². The summed E-state index contributed by atoms with van der Waals surface area (Å²) in [5.74, 6) is 0.744. The van der Waals surface area contributed by atoms with Crippen molar-refractivity contribution in [3.8, 4) is 5.75 Å². The van der Waals surface area contributed by atoms with Crippen molar-refractivity contribution in [2.24, 2.45) is 0 Å². The van der Waals surface area contributed by atoms with Crippen LogP contribution in [0.3, 0.4) is 0 Å². The number of carbonyl (C=O) groups excluding carboxylic acids is 2. The highest BCUT2D eigenvalue weighted by Gasteiger charge is 2.32. The van der Waals surface area contributed by atoms with Crippen molar-refractivity contribution in [1.29, 1.82) is 0 Å². The molecular weight excluding hydrogens is 340 g/mol. The molecule has 142 valence electrons. The summed E-state index contributed by atoms with van der Waals surface area (Å²) in [6.45, 7) is 6.92. The average Bonchev–Trinajstić information content (AvgIpc) is 3.46. The fraction of sp³-hybridized carbons (Fsp3) is 0.391. The van der Waals surface area contributed by atoms with E-state index in [0.29, 0.717) is 22.8 Å². The van der Waals surface area contributed by atoms with Gasteiger partial charge in [-0.1, -0.05) is 24.3 Å². The van der Waals surface area contributed by atoms with Crippen LogP contribution in [0.5, 0.6) is 5.75 Å². The zero-order valence-electron chi connectivity index (χ0n) is 16.3. The molecule has 0 N–H and O–H groups in total. The standard InChI is InChI=1S/C23H26O4/c1-15(2)26-22(25)23(3,4)27-20-13-11-19(12-14-20)21(24)18-9-7-17(8-10-18)16-5-6-16/h7-16H,5-6H2,1-4H3. The van der Waals surface area contributed by atoms with Crippen molar-refractivity contribution < 1.29 is 19.1 Å². The van der Waals surface area contributed by atoms with Gasteiger partial charge >= 0.3 is 5.97 Å². The van der Waals surface area contributed by atoms with Crippen molar-refractivity contribution in [3.63, 3.8) is 0 Å². The van der Waals surface area contributed by atoms with Gasteiger partial charge in [0.1, 0.15) is 5.75 Å². The zero-order chi connectivity index (χ0) is 19.6. The van der Waals surface area contributed by atoms with Gasteiger partial charge in [-0.2, -0.15) is 0 Å². The van der Waals surface area contributed by atoms with E-state index in [-0.39, 0.29) is 11.9 Å². The Bertz CT molecular complexity index is 812. The molecule has 0 radical (unpaired) electrons. The second-order valence-electron chi connectivity index (χ2n) is 7.82. The molecule has 1 fully saturated rings. The van der Waals surface area contributed by atoms with Crippen molar-refractivity contribution in [3.05, 3.63) is 65.2 Å². The maximum atomic E-state index is 12.7. The van der Waals surface area contributed by atoms with Gasteiger partial charge in [0, 0.05) is 11.1 Å². The first-order valence-electron chi connectivity index (χ1n) is 9.41. The molecule has 1 saturated carbocycles. The van der Waals surface area contributed by atoms with Crippen LogP contribution in [-0.2, 0) is 9.53 Å². The second kappa shape index (κ2) is 7.55. The first-order chi connectivity index (χ1) is 12.8. The lowest BCUT2D eigenvalue weighted by Gasteiger charge is -2.25. The average molecular weight is 366 g/mol. The monoisotopic (exact) mass is 366 g/mol. The molecule has 2 aromatic carbocycles. The van der Waals surface area contributed by atoms with E-state index in [9.17, 15) is 9.59 Å². The van der Waals surface area contributed by atoms with Gasteiger partial charge in [0.2, 0.25) is 0 Å². The summed E-state index contributed by atoms with van der Waals surface area (Å²) in [7, 11) is 0. The van der Waals surface area contributed by atoms with E-state index in [4.69, 9.17) is 9.47 Å². The van der Waals surface area contributed by atoms with Crippen LogP contribution >= 0.6 is 0 Å². The molecule has 4 heteroatoms. The van der Waals surface area contributed by atoms with Crippen molar-refractivity contribution in [2.45, 2.75) is 58.2 Å². The quantitative estimate of drug-likeness (QED) is 0.516. The second-order valence-corrected chi connectivity index (χ2v) is 7.82. The van der Waals surface area contributed by atoms with Gasteiger partial charge in [-0.05, 0) is 76.3 Å². The van der Waals surface area contributed by atoms with E-state index in [1.807, 2.05) is 24.3 Å². The Hall–Kier alpha value is -2.62.